The molecule has 6 heteroatoms. The molecule has 1 atom stereocenters. The van der Waals surface area contributed by atoms with Crippen LogP contribution in [0.3, 0.4) is 0 Å². The molecule has 0 saturated heterocycles. The zero-order chi connectivity index (χ0) is 20.7. The van der Waals surface area contributed by atoms with Gasteiger partial charge in [-0.25, -0.2) is 4.98 Å². The normalized spacial score (nSPS) is 14.6. The standard InChI is InChI=1S/C24H18N4O2/c1-14(29)9-10-21(30)28-23-16-6-3-2-5-15(16)22-17(23)7-4-8-18(22)24-26-19-11-12-25-13-20(19)27-24/h2-13,23H,1H3,(H,26,27)(H,28,30)/b10-9+. The molecule has 1 amide bonds. The summed E-state index contributed by atoms with van der Waals surface area (Å²) in [6, 6.07) is 15.6. The number of hydrogen-bond acceptors (Lipinski definition) is 4. The lowest BCUT2D eigenvalue weighted by Gasteiger charge is -2.15. The van der Waals surface area contributed by atoms with Gasteiger partial charge in [0.2, 0.25) is 5.91 Å². The fourth-order valence-corrected chi connectivity index (χ4v) is 3.98. The molecule has 4 aromatic rings. The molecule has 1 aliphatic rings. The summed E-state index contributed by atoms with van der Waals surface area (Å²) in [6.07, 6.45) is 6.03. The highest BCUT2D eigenvalue weighted by atomic mass is 16.1. The number of ketones is 1. The maximum Gasteiger partial charge on any atom is 0.244 e. The fraction of sp³-hybridized carbons (Fsp3) is 0.0833. The highest BCUT2D eigenvalue weighted by Crippen LogP contribution is 2.47. The quantitative estimate of drug-likeness (QED) is 0.513. The van der Waals surface area contributed by atoms with Gasteiger partial charge < -0.3 is 10.3 Å². The van der Waals surface area contributed by atoms with Gasteiger partial charge in [0.1, 0.15) is 5.82 Å². The zero-order valence-electron chi connectivity index (χ0n) is 16.2. The topological polar surface area (TPSA) is 87.7 Å². The van der Waals surface area contributed by atoms with Crippen LogP contribution >= 0.6 is 0 Å². The maximum absolute atomic E-state index is 12.4. The molecular weight excluding hydrogens is 376 g/mol. The summed E-state index contributed by atoms with van der Waals surface area (Å²) < 4.78 is 0. The number of aromatic nitrogens is 3. The summed E-state index contributed by atoms with van der Waals surface area (Å²) in [4.78, 5) is 35.8. The summed E-state index contributed by atoms with van der Waals surface area (Å²) in [6.45, 7) is 1.42. The molecule has 0 saturated carbocycles. The Balaban J connectivity index is 1.64. The zero-order valence-corrected chi connectivity index (χ0v) is 16.2. The van der Waals surface area contributed by atoms with E-state index in [0.717, 1.165) is 44.7 Å². The highest BCUT2D eigenvalue weighted by molar-refractivity contribution is 5.98. The van der Waals surface area contributed by atoms with Crippen molar-refractivity contribution in [1.82, 2.24) is 20.3 Å². The molecular formula is C24H18N4O2. The van der Waals surface area contributed by atoms with E-state index in [1.54, 1.807) is 12.4 Å². The first-order valence-electron chi connectivity index (χ1n) is 9.63. The van der Waals surface area contributed by atoms with Gasteiger partial charge in [-0.1, -0.05) is 42.5 Å². The van der Waals surface area contributed by atoms with E-state index < -0.39 is 0 Å². The van der Waals surface area contributed by atoms with Crippen molar-refractivity contribution in [3.8, 4) is 22.5 Å². The smallest absolute Gasteiger partial charge is 0.244 e. The van der Waals surface area contributed by atoms with Crippen LogP contribution < -0.4 is 5.32 Å². The number of pyridine rings is 1. The van der Waals surface area contributed by atoms with E-state index in [-0.39, 0.29) is 17.7 Å². The Morgan fingerprint density at radius 1 is 1.00 bits per heavy atom. The summed E-state index contributed by atoms with van der Waals surface area (Å²) in [7, 11) is 0. The number of benzene rings is 2. The second kappa shape index (κ2) is 7.08. The van der Waals surface area contributed by atoms with E-state index in [9.17, 15) is 9.59 Å². The number of imidazole rings is 1. The Morgan fingerprint density at radius 3 is 2.63 bits per heavy atom. The molecule has 2 N–H and O–H groups in total. The van der Waals surface area contributed by atoms with Crippen molar-refractivity contribution in [2.75, 3.05) is 0 Å². The van der Waals surface area contributed by atoms with Crippen LogP contribution in [0.25, 0.3) is 33.5 Å². The molecule has 0 radical (unpaired) electrons. The number of nitrogens with one attached hydrogen (secondary N) is 2. The van der Waals surface area contributed by atoms with Gasteiger partial charge in [-0.05, 0) is 41.3 Å². The van der Waals surface area contributed by atoms with Gasteiger partial charge in [0.05, 0.1) is 23.3 Å². The van der Waals surface area contributed by atoms with E-state index in [1.165, 1.54) is 19.1 Å². The van der Waals surface area contributed by atoms with E-state index in [1.807, 2.05) is 42.5 Å². The summed E-state index contributed by atoms with van der Waals surface area (Å²) >= 11 is 0. The van der Waals surface area contributed by atoms with Crippen molar-refractivity contribution in [2.45, 2.75) is 13.0 Å². The number of aromatic amines is 1. The number of carbonyl (C=O) groups excluding carboxylic acids is 2. The van der Waals surface area contributed by atoms with Crippen LogP contribution in [0.2, 0.25) is 0 Å². The predicted molar refractivity (Wildman–Crippen MR) is 115 cm³/mol. The van der Waals surface area contributed by atoms with Gasteiger partial charge in [0.15, 0.2) is 5.78 Å². The number of hydrogen-bond donors (Lipinski definition) is 2. The molecule has 2 heterocycles. The van der Waals surface area contributed by atoms with Crippen LogP contribution in [-0.2, 0) is 9.59 Å². The van der Waals surface area contributed by atoms with Crippen LogP contribution in [0.1, 0.15) is 24.1 Å². The molecule has 0 bridgehead atoms. The molecule has 5 rings (SSSR count). The number of H-pyrrole nitrogens is 1. The van der Waals surface area contributed by atoms with E-state index >= 15 is 0 Å². The first-order chi connectivity index (χ1) is 14.6. The van der Waals surface area contributed by atoms with Crippen LogP contribution in [0.15, 0.2) is 73.1 Å². The van der Waals surface area contributed by atoms with Crippen molar-refractivity contribution in [3.05, 3.63) is 84.2 Å². The Kier molecular flexibility index (Phi) is 4.25. The molecule has 0 fully saturated rings. The molecule has 2 aromatic heterocycles. The SMILES string of the molecule is CC(=O)/C=C/C(=O)NC1c2ccccc2-c2c(-c3nc4ccncc4[nH]3)cccc21. The molecule has 0 aliphatic heterocycles. The molecule has 30 heavy (non-hydrogen) atoms. The average Bonchev–Trinajstić information content (AvgIpc) is 3.32. The lowest BCUT2D eigenvalue weighted by molar-refractivity contribution is -0.117. The second-order valence-electron chi connectivity index (χ2n) is 7.22. The molecule has 1 unspecified atom stereocenters. The van der Waals surface area contributed by atoms with Crippen molar-refractivity contribution < 1.29 is 9.59 Å². The maximum atomic E-state index is 12.4. The molecule has 2 aromatic carbocycles. The number of nitrogens with zero attached hydrogens (tertiary/aromatic N) is 2. The van der Waals surface area contributed by atoms with E-state index in [0.29, 0.717) is 0 Å². The van der Waals surface area contributed by atoms with Crippen LogP contribution in [0.5, 0.6) is 0 Å². The van der Waals surface area contributed by atoms with Crippen LogP contribution in [0, 0.1) is 0 Å². The molecule has 0 spiro atoms. The van der Waals surface area contributed by atoms with Gasteiger partial charge >= 0.3 is 0 Å². The number of amides is 1. The minimum Gasteiger partial charge on any atom is -0.342 e. The van der Waals surface area contributed by atoms with Gasteiger partial charge in [-0.3, -0.25) is 14.6 Å². The Bertz CT molecular complexity index is 1300. The highest BCUT2D eigenvalue weighted by Gasteiger charge is 2.31. The number of carbonyl (C=O) groups is 2. The Labute approximate surface area is 172 Å². The monoisotopic (exact) mass is 394 g/mol. The van der Waals surface area contributed by atoms with Crippen molar-refractivity contribution >= 4 is 22.7 Å². The van der Waals surface area contributed by atoms with E-state index in [2.05, 4.69) is 21.4 Å². The predicted octanol–water partition coefficient (Wildman–Crippen LogP) is 3.96. The average molecular weight is 394 g/mol. The number of allylic oxidation sites excluding steroid dienone is 1. The molecule has 1 aliphatic carbocycles. The third-order valence-electron chi connectivity index (χ3n) is 5.24. The van der Waals surface area contributed by atoms with Crippen LogP contribution in [-0.4, -0.2) is 26.6 Å². The third kappa shape index (κ3) is 2.99. The first kappa shape index (κ1) is 18.0. The largest absolute Gasteiger partial charge is 0.342 e. The Hall–Kier alpha value is -4.06. The van der Waals surface area contributed by atoms with Crippen molar-refractivity contribution in [3.63, 3.8) is 0 Å². The van der Waals surface area contributed by atoms with E-state index in [4.69, 9.17) is 4.98 Å². The van der Waals surface area contributed by atoms with Gasteiger partial charge in [0.25, 0.3) is 0 Å². The first-order valence-corrected chi connectivity index (χ1v) is 9.63. The van der Waals surface area contributed by atoms with Crippen molar-refractivity contribution in [2.24, 2.45) is 0 Å². The minimum absolute atomic E-state index is 0.168. The van der Waals surface area contributed by atoms with Gasteiger partial charge in [0, 0.05) is 17.8 Å². The fourth-order valence-electron chi connectivity index (χ4n) is 3.98. The molecule has 6 nitrogen and oxygen atoms in total. The van der Waals surface area contributed by atoms with Gasteiger partial charge in [-0.2, -0.15) is 0 Å². The number of rotatable bonds is 4. The Morgan fingerprint density at radius 2 is 1.80 bits per heavy atom. The minimum atomic E-state index is -0.307. The van der Waals surface area contributed by atoms with Crippen molar-refractivity contribution in [1.29, 1.82) is 0 Å². The summed E-state index contributed by atoms with van der Waals surface area (Å²) in [5.74, 6) is 0.283. The lowest BCUT2D eigenvalue weighted by Crippen LogP contribution is -2.26. The summed E-state index contributed by atoms with van der Waals surface area (Å²) in [5.41, 5.74) is 6.80. The second-order valence-corrected chi connectivity index (χ2v) is 7.22. The van der Waals surface area contributed by atoms with Crippen LogP contribution in [0.4, 0.5) is 0 Å². The third-order valence-corrected chi connectivity index (χ3v) is 5.24. The number of fused-ring (bicyclic) bond motifs is 4. The lowest BCUT2D eigenvalue weighted by atomic mass is 9.99. The van der Waals surface area contributed by atoms with Gasteiger partial charge in [-0.15, -0.1) is 0 Å². The molecule has 146 valence electrons. The summed E-state index contributed by atoms with van der Waals surface area (Å²) in [5, 5.41) is 3.03.